The van der Waals surface area contributed by atoms with E-state index >= 15 is 0 Å². The number of hydrogen-bond acceptors (Lipinski definition) is 3. The van der Waals surface area contributed by atoms with E-state index in [1.807, 2.05) is 13.8 Å². The third-order valence-corrected chi connectivity index (χ3v) is 2.15. The van der Waals surface area contributed by atoms with Crippen LogP contribution in [0.3, 0.4) is 0 Å². The minimum Gasteiger partial charge on any atom is -0.381 e. The molecular weight excluding hydrogens is 182 g/mol. The Kier molecular flexibility index (Phi) is 7.42. The second-order valence-electron chi connectivity index (χ2n) is 2.90. The first-order valence-corrected chi connectivity index (χ1v) is 5.15. The zero-order chi connectivity index (χ0) is 11.0. The van der Waals surface area contributed by atoms with Gasteiger partial charge in [0.15, 0.2) is 0 Å². The van der Waals surface area contributed by atoms with Crippen molar-refractivity contribution in [3.8, 4) is 0 Å². The van der Waals surface area contributed by atoms with Gasteiger partial charge in [-0.05, 0) is 12.8 Å². The molecule has 1 rings (SSSR count). The van der Waals surface area contributed by atoms with E-state index in [2.05, 4.69) is 0 Å². The second kappa shape index (κ2) is 7.76. The standard InChI is InChI=1S/C8H15NO3.C2H6/c1-9(11-2)8(10)7-3-5-12-6-4-7;1-2/h7H,3-6H2,1-2H3;1-2H3. The van der Waals surface area contributed by atoms with Crippen LogP contribution in [-0.4, -0.2) is 38.3 Å². The molecule has 0 aromatic rings. The molecule has 0 aromatic carbocycles. The molecule has 0 aliphatic carbocycles. The van der Waals surface area contributed by atoms with E-state index in [4.69, 9.17) is 9.57 Å². The Morgan fingerprint density at radius 1 is 1.36 bits per heavy atom. The third kappa shape index (κ3) is 4.07. The van der Waals surface area contributed by atoms with Crippen LogP contribution in [0.1, 0.15) is 26.7 Å². The Balaban J connectivity index is 0.000000791. The lowest BCUT2D eigenvalue weighted by atomic mass is 9.99. The van der Waals surface area contributed by atoms with Crippen molar-refractivity contribution in [3.05, 3.63) is 0 Å². The van der Waals surface area contributed by atoms with Crippen molar-refractivity contribution in [1.29, 1.82) is 0 Å². The van der Waals surface area contributed by atoms with Crippen LogP contribution in [0.15, 0.2) is 0 Å². The molecule has 0 saturated carbocycles. The first kappa shape index (κ1) is 13.4. The summed E-state index contributed by atoms with van der Waals surface area (Å²) in [5.41, 5.74) is 0. The summed E-state index contributed by atoms with van der Waals surface area (Å²) in [7, 11) is 3.13. The molecule has 0 spiro atoms. The number of amides is 1. The van der Waals surface area contributed by atoms with E-state index in [9.17, 15) is 4.79 Å². The summed E-state index contributed by atoms with van der Waals surface area (Å²) in [6.45, 7) is 5.38. The van der Waals surface area contributed by atoms with Gasteiger partial charge in [-0.1, -0.05) is 13.8 Å². The summed E-state index contributed by atoms with van der Waals surface area (Å²) in [5.74, 6) is 0.143. The van der Waals surface area contributed by atoms with E-state index in [1.165, 1.54) is 12.2 Å². The van der Waals surface area contributed by atoms with E-state index in [1.54, 1.807) is 7.05 Å². The van der Waals surface area contributed by atoms with Crippen LogP contribution in [0.5, 0.6) is 0 Å². The highest BCUT2D eigenvalue weighted by molar-refractivity contribution is 5.77. The predicted octanol–water partition coefficient (Wildman–Crippen LogP) is 1.46. The maximum Gasteiger partial charge on any atom is 0.249 e. The van der Waals surface area contributed by atoms with Crippen LogP contribution in [0.4, 0.5) is 0 Å². The van der Waals surface area contributed by atoms with E-state index < -0.39 is 0 Å². The van der Waals surface area contributed by atoms with Crippen molar-refractivity contribution in [3.63, 3.8) is 0 Å². The van der Waals surface area contributed by atoms with Crippen LogP contribution in [0.2, 0.25) is 0 Å². The molecule has 4 nitrogen and oxygen atoms in total. The van der Waals surface area contributed by atoms with Gasteiger partial charge in [-0.25, -0.2) is 5.06 Å². The number of nitrogens with zero attached hydrogens (tertiary/aromatic N) is 1. The summed E-state index contributed by atoms with van der Waals surface area (Å²) in [5, 5.41) is 1.29. The van der Waals surface area contributed by atoms with Crippen LogP contribution in [0, 0.1) is 5.92 Å². The molecule has 1 amide bonds. The van der Waals surface area contributed by atoms with Gasteiger partial charge in [-0.2, -0.15) is 0 Å². The van der Waals surface area contributed by atoms with Crippen LogP contribution >= 0.6 is 0 Å². The smallest absolute Gasteiger partial charge is 0.249 e. The molecule has 0 radical (unpaired) electrons. The van der Waals surface area contributed by atoms with Crippen molar-refractivity contribution < 1.29 is 14.4 Å². The predicted molar refractivity (Wildman–Crippen MR) is 54.7 cm³/mol. The van der Waals surface area contributed by atoms with Gasteiger partial charge in [0, 0.05) is 26.2 Å². The summed E-state index contributed by atoms with van der Waals surface area (Å²) >= 11 is 0. The number of carbonyl (C=O) groups is 1. The van der Waals surface area contributed by atoms with Crippen LogP contribution < -0.4 is 0 Å². The van der Waals surface area contributed by atoms with Gasteiger partial charge >= 0.3 is 0 Å². The quantitative estimate of drug-likeness (QED) is 0.638. The molecule has 0 unspecified atom stereocenters. The normalized spacial score (nSPS) is 16.9. The Morgan fingerprint density at radius 3 is 2.29 bits per heavy atom. The van der Waals surface area contributed by atoms with Crippen molar-refractivity contribution in [2.24, 2.45) is 5.92 Å². The Hall–Kier alpha value is -0.610. The first-order valence-electron chi connectivity index (χ1n) is 5.15. The Labute approximate surface area is 86.1 Å². The minimum absolute atomic E-state index is 0.0563. The molecule has 1 saturated heterocycles. The molecule has 1 fully saturated rings. The Morgan fingerprint density at radius 2 is 1.86 bits per heavy atom. The number of carbonyl (C=O) groups excluding carboxylic acids is 1. The average molecular weight is 203 g/mol. The van der Waals surface area contributed by atoms with E-state index in [-0.39, 0.29) is 11.8 Å². The topological polar surface area (TPSA) is 38.8 Å². The van der Waals surface area contributed by atoms with Gasteiger partial charge in [0.05, 0.1) is 7.11 Å². The van der Waals surface area contributed by atoms with Crippen molar-refractivity contribution in [2.75, 3.05) is 27.4 Å². The third-order valence-electron chi connectivity index (χ3n) is 2.15. The fourth-order valence-electron chi connectivity index (χ4n) is 1.29. The molecular formula is C10H21NO3. The summed E-state index contributed by atoms with van der Waals surface area (Å²) in [6, 6.07) is 0. The van der Waals surface area contributed by atoms with Crippen molar-refractivity contribution in [1.82, 2.24) is 5.06 Å². The van der Waals surface area contributed by atoms with Gasteiger partial charge < -0.3 is 4.74 Å². The highest BCUT2D eigenvalue weighted by Gasteiger charge is 2.24. The molecule has 0 N–H and O–H groups in total. The van der Waals surface area contributed by atoms with Gasteiger partial charge in [-0.15, -0.1) is 0 Å². The molecule has 0 atom stereocenters. The number of hydroxylamine groups is 2. The molecule has 84 valence electrons. The summed E-state index contributed by atoms with van der Waals surface area (Å²) in [4.78, 5) is 16.3. The molecule has 0 aromatic heterocycles. The molecule has 1 aliphatic heterocycles. The van der Waals surface area contributed by atoms with Crippen molar-refractivity contribution in [2.45, 2.75) is 26.7 Å². The largest absolute Gasteiger partial charge is 0.381 e. The molecule has 0 bridgehead atoms. The number of hydrogen-bond donors (Lipinski definition) is 0. The first-order chi connectivity index (χ1) is 6.75. The lowest BCUT2D eigenvalue weighted by Crippen LogP contribution is -2.35. The van der Waals surface area contributed by atoms with E-state index in [0.717, 1.165) is 12.8 Å². The van der Waals surface area contributed by atoms with Crippen LogP contribution in [0.25, 0.3) is 0 Å². The highest BCUT2D eigenvalue weighted by atomic mass is 16.7. The van der Waals surface area contributed by atoms with Crippen molar-refractivity contribution >= 4 is 5.91 Å². The average Bonchev–Trinajstić information content (AvgIpc) is 2.31. The molecule has 4 heteroatoms. The molecule has 1 heterocycles. The van der Waals surface area contributed by atoms with Gasteiger partial charge in [0.25, 0.3) is 0 Å². The number of rotatable bonds is 2. The summed E-state index contributed by atoms with van der Waals surface area (Å²) in [6.07, 6.45) is 1.62. The lowest BCUT2D eigenvalue weighted by Gasteiger charge is -2.24. The fourth-order valence-corrected chi connectivity index (χ4v) is 1.29. The van der Waals surface area contributed by atoms with Crippen LogP contribution in [-0.2, 0) is 14.4 Å². The zero-order valence-electron chi connectivity index (χ0n) is 9.58. The van der Waals surface area contributed by atoms with Gasteiger partial charge in [-0.3, -0.25) is 9.63 Å². The number of ether oxygens (including phenoxy) is 1. The fraction of sp³-hybridized carbons (Fsp3) is 0.900. The zero-order valence-corrected chi connectivity index (χ0v) is 9.58. The minimum atomic E-state index is 0.0563. The maximum atomic E-state index is 11.5. The highest BCUT2D eigenvalue weighted by Crippen LogP contribution is 2.16. The van der Waals surface area contributed by atoms with E-state index in [0.29, 0.717) is 13.2 Å². The molecule has 1 aliphatic rings. The summed E-state index contributed by atoms with van der Waals surface area (Å²) < 4.78 is 5.15. The lowest BCUT2D eigenvalue weighted by molar-refractivity contribution is -0.176. The monoisotopic (exact) mass is 203 g/mol. The SMILES string of the molecule is CC.CON(C)C(=O)C1CCOCC1. The van der Waals surface area contributed by atoms with Gasteiger partial charge in [0.1, 0.15) is 0 Å². The maximum absolute atomic E-state index is 11.5. The van der Waals surface area contributed by atoms with Gasteiger partial charge in [0.2, 0.25) is 5.91 Å². The second-order valence-corrected chi connectivity index (χ2v) is 2.90. The Bertz CT molecular complexity index is 155. The molecule has 14 heavy (non-hydrogen) atoms.